The second-order valence-corrected chi connectivity index (χ2v) is 5.36. The maximum atomic E-state index is 12.4. The zero-order valence-electron chi connectivity index (χ0n) is 12.6. The van der Waals surface area contributed by atoms with Crippen molar-refractivity contribution in [1.82, 2.24) is 0 Å². The van der Waals surface area contributed by atoms with Crippen molar-refractivity contribution >= 4 is 10.8 Å². The summed E-state index contributed by atoms with van der Waals surface area (Å²) in [4.78, 5) is 24.7. The zero-order valence-corrected chi connectivity index (χ0v) is 12.6. The van der Waals surface area contributed by atoms with Crippen molar-refractivity contribution in [3.8, 4) is 22.6 Å². The molecule has 4 nitrogen and oxygen atoms in total. The highest BCUT2D eigenvalue weighted by molar-refractivity contribution is 5.85. The van der Waals surface area contributed by atoms with E-state index in [0.29, 0.717) is 11.5 Å². The van der Waals surface area contributed by atoms with Gasteiger partial charge in [0.1, 0.15) is 11.5 Å². The van der Waals surface area contributed by atoms with Crippen LogP contribution in [0.3, 0.4) is 0 Å². The van der Waals surface area contributed by atoms with Crippen LogP contribution in [0.2, 0.25) is 0 Å². The standard InChI is InChI=1S/C20H12O4/c21-19-16-12-18(14-9-5-2-6-10-14)24-20(22)15(16)11-17(23-19)13-7-3-1-4-8-13/h1-12H. The molecular formula is C20H12O4. The summed E-state index contributed by atoms with van der Waals surface area (Å²) in [6, 6.07) is 21.4. The molecule has 2 aromatic carbocycles. The molecule has 0 fully saturated rings. The molecule has 0 amide bonds. The van der Waals surface area contributed by atoms with E-state index in [9.17, 15) is 9.59 Å². The summed E-state index contributed by atoms with van der Waals surface area (Å²) >= 11 is 0. The molecule has 0 unspecified atom stereocenters. The molecule has 4 aromatic rings. The topological polar surface area (TPSA) is 60.4 Å². The van der Waals surface area contributed by atoms with Crippen molar-refractivity contribution in [2.24, 2.45) is 0 Å². The van der Waals surface area contributed by atoms with E-state index < -0.39 is 11.3 Å². The van der Waals surface area contributed by atoms with E-state index in [1.54, 1.807) is 12.1 Å². The molecule has 4 heteroatoms. The van der Waals surface area contributed by atoms with Crippen molar-refractivity contribution in [2.75, 3.05) is 0 Å². The Kier molecular flexibility index (Phi) is 3.35. The molecule has 0 saturated heterocycles. The average molecular weight is 316 g/mol. The van der Waals surface area contributed by atoms with Gasteiger partial charge in [0, 0.05) is 11.1 Å². The molecule has 116 valence electrons. The minimum Gasteiger partial charge on any atom is -0.422 e. The fourth-order valence-electron chi connectivity index (χ4n) is 2.61. The minimum atomic E-state index is -0.559. The van der Waals surface area contributed by atoms with E-state index >= 15 is 0 Å². The van der Waals surface area contributed by atoms with Gasteiger partial charge in [-0.15, -0.1) is 0 Å². The van der Waals surface area contributed by atoms with Crippen LogP contribution in [-0.2, 0) is 0 Å². The Hall–Kier alpha value is -3.40. The lowest BCUT2D eigenvalue weighted by atomic mass is 10.1. The lowest BCUT2D eigenvalue weighted by Crippen LogP contribution is -2.08. The maximum absolute atomic E-state index is 12.4. The fraction of sp³-hybridized carbons (Fsp3) is 0. The van der Waals surface area contributed by atoms with Crippen LogP contribution >= 0.6 is 0 Å². The third-order valence-electron chi connectivity index (χ3n) is 3.80. The molecule has 2 heterocycles. The first kappa shape index (κ1) is 14.2. The number of hydrogen-bond acceptors (Lipinski definition) is 4. The van der Waals surface area contributed by atoms with E-state index in [1.807, 2.05) is 60.7 Å². The Labute approximate surface area is 136 Å². The van der Waals surface area contributed by atoms with Crippen molar-refractivity contribution in [3.63, 3.8) is 0 Å². The summed E-state index contributed by atoms with van der Waals surface area (Å²) in [5.74, 6) is 0.681. The second-order valence-electron chi connectivity index (χ2n) is 5.36. The van der Waals surface area contributed by atoms with Crippen LogP contribution in [0.1, 0.15) is 0 Å². The van der Waals surface area contributed by atoms with Gasteiger partial charge in [-0.3, -0.25) is 0 Å². The van der Waals surface area contributed by atoms with Gasteiger partial charge in [-0.1, -0.05) is 60.7 Å². The highest BCUT2D eigenvalue weighted by atomic mass is 16.4. The van der Waals surface area contributed by atoms with Gasteiger partial charge in [-0.2, -0.15) is 0 Å². The zero-order chi connectivity index (χ0) is 16.5. The summed E-state index contributed by atoms with van der Waals surface area (Å²) in [6.07, 6.45) is 0. The lowest BCUT2D eigenvalue weighted by molar-refractivity contribution is 0.520. The van der Waals surface area contributed by atoms with Gasteiger partial charge < -0.3 is 8.83 Å². The Bertz CT molecular complexity index is 1030. The quantitative estimate of drug-likeness (QED) is 0.559. The van der Waals surface area contributed by atoms with Crippen molar-refractivity contribution in [2.45, 2.75) is 0 Å². The van der Waals surface area contributed by atoms with E-state index in [0.717, 1.165) is 11.1 Å². The first-order valence-electron chi connectivity index (χ1n) is 7.45. The molecule has 0 aliphatic rings. The first-order chi connectivity index (χ1) is 11.7. The Morgan fingerprint density at radius 3 is 1.29 bits per heavy atom. The van der Waals surface area contributed by atoms with Crippen molar-refractivity contribution in [1.29, 1.82) is 0 Å². The van der Waals surface area contributed by atoms with Crippen LogP contribution in [0, 0.1) is 0 Å². The second kappa shape index (κ2) is 5.66. The van der Waals surface area contributed by atoms with Crippen molar-refractivity contribution < 1.29 is 8.83 Å². The number of hydrogen-bond donors (Lipinski definition) is 0. The number of rotatable bonds is 2. The van der Waals surface area contributed by atoms with Gasteiger partial charge in [0.2, 0.25) is 0 Å². The number of benzene rings is 2. The third kappa shape index (κ3) is 2.44. The molecule has 0 bridgehead atoms. The molecule has 4 rings (SSSR count). The van der Waals surface area contributed by atoms with Gasteiger partial charge >= 0.3 is 11.3 Å². The van der Waals surface area contributed by atoms with E-state index in [1.165, 1.54) is 0 Å². The van der Waals surface area contributed by atoms with Gasteiger partial charge in [0.05, 0.1) is 10.8 Å². The highest BCUT2D eigenvalue weighted by Gasteiger charge is 2.13. The van der Waals surface area contributed by atoms with E-state index in [2.05, 4.69) is 0 Å². The molecule has 0 N–H and O–H groups in total. The predicted octanol–water partition coefficient (Wildman–Crippen LogP) is 4.08. The molecule has 0 spiro atoms. The van der Waals surface area contributed by atoms with Crippen LogP contribution in [-0.4, -0.2) is 0 Å². The third-order valence-corrected chi connectivity index (χ3v) is 3.80. The first-order valence-corrected chi connectivity index (χ1v) is 7.45. The fourth-order valence-corrected chi connectivity index (χ4v) is 2.61. The molecule has 0 radical (unpaired) electrons. The molecule has 24 heavy (non-hydrogen) atoms. The van der Waals surface area contributed by atoms with Crippen LogP contribution in [0.25, 0.3) is 33.4 Å². The Morgan fingerprint density at radius 1 is 0.542 bits per heavy atom. The van der Waals surface area contributed by atoms with Crippen LogP contribution < -0.4 is 11.3 Å². The molecule has 0 aliphatic heterocycles. The summed E-state index contributed by atoms with van der Waals surface area (Å²) < 4.78 is 10.8. The summed E-state index contributed by atoms with van der Waals surface area (Å²) in [7, 11) is 0. The maximum Gasteiger partial charge on any atom is 0.344 e. The van der Waals surface area contributed by atoms with E-state index in [-0.39, 0.29) is 10.8 Å². The number of fused-ring (bicyclic) bond motifs is 1. The van der Waals surface area contributed by atoms with Crippen molar-refractivity contribution in [3.05, 3.63) is 93.6 Å². The van der Waals surface area contributed by atoms with Gasteiger partial charge in [-0.05, 0) is 12.1 Å². The smallest absolute Gasteiger partial charge is 0.344 e. The molecule has 2 aromatic heterocycles. The predicted molar refractivity (Wildman–Crippen MR) is 91.9 cm³/mol. The molecule has 0 saturated carbocycles. The Balaban J connectivity index is 1.97. The summed E-state index contributed by atoms with van der Waals surface area (Å²) in [6.45, 7) is 0. The summed E-state index contributed by atoms with van der Waals surface area (Å²) in [5.41, 5.74) is 0.332. The normalized spacial score (nSPS) is 10.8. The Morgan fingerprint density at radius 2 is 0.917 bits per heavy atom. The lowest BCUT2D eigenvalue weighted by Gasteiger charge is -2.04. The largest absolute Gasteiger partial charge is 0.422 e. The average Bonchev–Trinajstić information content (AvgIpc) is 2.63. The monoisotopic (exact) mass is 316 g/mol. The summed E-state index contributed by atoms with van der Waals surface area (Å²) in [5, 5.41) is 0.426. The SMILES string of the molecule is O=c1oc(-c2ccccc2)cc2c(=O)oc(-c3ccccc3)cc12. The van der Waals surface area contributed by atoms with Crippen LogP contribution in [0.4, 0.5) is 0 Å². The van der Waals surface area contributed by atoms with E-state index in [4.69, 9.17) is 8.83 Å². The van der Waals surface area contributed by atoms with Gasteiger partial charge in [0.15, 0.2) is 0 Å². The van der Waals surface area contributed by atoms with Crippen LogP contribution in [0.15, 0.2) is 91.2 Å². The molecule has 0 aliphatic carbocycles. The molecular weight excluding hydrogens is 304 g/mol. The van der Waals surface area contributed by atoms with Gasteiger partial charge in [0.25, 0.3) is 0 Å². The highest BCUT2D eigenvalue weighted by Crippen LogP contribution is 2.24. The molecule has 0 atom stereocenters. The van der Waals surface area contributed by atoms with Crippen LogP contribution in [0.5, 0.6) is 0 Å². The minimum absolute atomic E-state index is 0.213. The van der Waals surface area contributed by atoms with Gasteiger partial charge in [-0.25, -0.2) is 9.59 Å².